The van der Waals surface area contributed by atoms with Crippen LogP contribution in [-0.4, -0.2) is 40.1 Å². The molecule has 3 aromatic rings. The van der Waals surface area contributed by atoms with Gasteiger partial charge in [-0.2, -0.15) is 4.52 Å². The fourth-order valence-corrected chi connectivity index (χ4v) is 2.59. The summed E-state index contributed by atoms with van der Waals surface area (Å²) in [6.07, 6.45) is 0.754. The Morgan fingerprint density at radius 1 is 1.16 bits per heavy atom. The van der Waals surface area contributed by atoms with E-state index in [0.29, 0.717) is 46.7 Å². The molecular weight excluding hydrogens is 322 g/mol. The lowest BCUT2D eigenvalue weighted by molar-refractivity contribution is 0.112. The Hall–Kier alpha value is -3.16. The molecule has 2 heterocycles. The normalized spacial score (nSPS) is 10.7. The van der Waals surface area contributed by atoms with Crippen molar-refractivity contribution in [3.63, 3.8) is 0 Å². The lowest BCUT2D eigenvalue weighted by atomic mass is 10.2. The first kappa shape index (κ1) is 16.7. The molecule has 0 spiro atoms. The Balaban J connectivity index is 1.92. The first-order chi connectivity index (χ1) is 12.1. The third kappa shape index (κ3) is 3.10. The Bertz CT molecular complexity index is 936. The summed E-state index contributed by atoms with van der Waals surface area (Å²) in [5.74, 6) is 2.42. The van der Waals surface area contributed by atoms with Crippen LogP contribution < -0.4 is 14.8 Å². The zero-order chi connectivity index (χ0) is 18.0. The Labute approximate surface area is 144 Å². The van der Waals surface area contributed by atoms with E-state index in [2.05, 4.69) is 20.4 Å². The molecule has 0 aliphatic carbocycles. The summed E-state index contributed by atoms with van der Waals surface area (Å²) in [5.41, 5.74) is 2.53. The van der Waals surface area contributed by atoms with Gasteiger partial charge in [0.05, 0.1) is 25.5 Å². The molecule has 25 heavy (non-hydrogen) atoms. The third-order valence-electron chi connectivity index (χ3n) is 3.83. The summed E-state index contributed by atoms with van der Waals surface area (Å²) < 4.78 is 12.1. The van der Waals surface area contributed by atoms with Gasteiger partial charge in [0.25, 0.3) is 0 Å². The predicted molar refractivity (Wildman–Crippen MR) is 92.5 cm³/mol. The number of aryl methyl sites for hydroxylation is 2. The van der Waals surface area contributed by atoms with Crippen LogP contribution in [0.25, 0.3) is 5.65 Å². The highest BCUT2D eigenvalue weighted by molar-refractivity contribution is 5.86. The highest BCUT2D eigenvalue weighted by Crippen LogP contribution is 2.27. The number of rotatable bonds is 6. The number of nitrogens with one attached hydrogen (secondary N) is 1. The van der Waals surface area contributed by atoms with Crippen molar-refractivity contribution in [1.82, 2.24) is 19.6 Å². The van der Waals surface area contributed by atoms with Crippen molar-refractivity contribution in [1.29, 1.82) is 0 Å². The van der Waals surface area contributed by atoms with E-state index in [1.54, 1.807) is 32.6 Å². The Morgan fingerprint density at radius 2 is 1.92 bits per heavy atom. The van der Waals surface area contributed by atoms with Crippen molar-refractivity contribution in [3.8, 4) is 11.5 Å². The van der Waals surface area contributed by atoms with Crippen LogP contribution in [0.3, 0.4) is 0 Å². The number of hydrogen-bond donors (Lipinski definition) is 1. The van der Waals surface area contributed by atoms with E-state index in [1.807, 2.05) is 18.2 Å². The van der Waals surface area contributed by atoms with Gasteiger partial charge >= 0.3 is 0 Å². The van der Waals surface area contributed by atoms with Crippen molar-refractivity contribution in [2.45, 2.75) is 20.4 Å². The van der Waals surface area contributed by atoms with Crippen LogP contribution in [-0.2, 0) is 6.54 Å². The zero-order valence-corrected chi connectivity index (χ0v) is 14.5. The van der Waals surface area contributed by atoms with Gasteiger partial charge in [0, 0.05) is 6.54 Å². The predicted octanol–water partition coefficient (Wildman–Crippen LogP) is 2.18. The molecule has 130 valence electrons. The van der Waals surface area contributed by atoms with Crippen molar-refractivity contribution >= 4 is 17.9 Å². The average molecular weight is 341 g/mol. The van der Waals surface area contributed by atoms with Crippen molar-refractivity contribution in [2.75, 3.05) is 19.5 Å². The van der Waals surface area contributed by atoms with Crippen LogP contribution >= 0.6 is 0 Å². The molecule has 3 rings (SSSR count). The molecule has 0 aliphatic rings. The van der Waals surface area contributed by atoms with E-state index in [1.165, 1.54) is 0 Å². The molecule has 0 unspecified atom stereocenters. The monoisotopic (exact) mass is 341 g/mol. The van der Waals surface area contributed by atoms with Crippen LogP contribution in [0.4, 0.5) is 5.95 Å². The number of hydrogen-bond acceptors (Lipinski definition) is 7. The number of fused-ring (bicyclic) bond motifs is 1. The van der Waals surface area contributed by atoms with E-state index < -0.39 is 0 Å². The number of carbonyl (C=O) groups excluding carboxylic acids is 1. The topological polar surface area (TPSA) is 90.6 Å². The summed E-state index contributed by atoms with van der Waals surface area (Å²) in [5, 5.41) is 7.55. The summed E-state index contributed by atoms with van der Waals surface area (Å²) in [4.78, 5) is 20.1. The quantitative estimate of drug-likeness (QED) is 0.687. The van der Waals surface area contributed by atoms with Crippen LogP contribution in [0.2, 0.25) is 0 Å². The SMILES string of the molecule is COc1ccc(CNc2nc(C)c(C=O)c3nc(C)nn23)cc1OC. The van der Waals surface area contributed by atoms with Gasteiger partial charge < -0.3 is 14.8 Å². The van der Waals surface area contributed by atoms with E-state index in [9.17, 15) is 4.79 Å². The number of ether oxygens (including phenoxy) is 2. The molecule has 0 fully saturated rings. The van der Waals surface area contributed by atoms with E-state index in [-0.39, 0.29) is 0 Å². The minimum absolute atomic E-state index is 0.442. The number of aldehydes is 1. The molecular formula is C17H19N5O3. The van der Waals surface area contributed by atoms with Crippen molar-refractivity contribution < 1.29 is 14.3 Å². The van der Waals surface area contributed by atoms with Gasteiger partial charge in [-0.05, 0) is 31.5 Å². The molecule has 8 nitrogen and oxygen atoms in total. The van der Waals surface area contributed by atoms with Gasteiger partial charge in [0.1, 0.15) is 5.82 Å². The second-order valence-electron chi connectivity index (χ2n) is 5.49. The van der Waals surface area contributed by atoms with E-state index in [4.69, 9.17) is 9.47 Å². The zero-order valence-electron chi connectivity index (χ0n) is 14.5. The maximum absolute atomic E-state index is 11.3. The number of methoxy groups -OCH3 is 2. The molecule has 0 atom stereocenters. The fourth-order valence-electron chi connectivity index (χ4n) is 2.59. The summed E-state index contributed by atoms with van der Waals surface area (Å²) in [7, 11) is 3.20. The van der Waals surface area contributed by atoms with Crippen LogP contribution in [0.15, 0.2) is 18.2 Å². The van der Waals surface area contributed by atoms with Crippen molar-refractivity contribution in [2.24, 2.45) is 0 Å². The second kappa shape index (κ2) is 6.76. The molecule has 8 heteroatoms. The maximum atomic E-state index is 11.3. The van der Waals surface area contributed by atoms with E-state index >= 15 is 0 Å². The van der Waals surface area contributed by atoms with Gasteiger partial charge in [-0.15, -0.1) is 5.10 Å². The lowest BCUT2D eigenvalue weighted by Gasteiger charge is -2.12. The molecule has 0 amide bonds. The standard InChI is InChI=1S/C17H19N5O3/c1-10-13(9-23)16-20-11(2)21-22(16)17(19-10)18-8-12-5-6-14(24-3)15(7-12)25-4/h5-7,9H,8H2,1-4H3,(H,18,19). The Morgan fingerprint density at radius 3 is 2.60 bits per heavy atom. The smallest absolute Gasteiger partial charge is 0.226 e. The molecule has 0 bridgehead atoms. The van der Waals surface area contributed by atoms with Gasteiger partial charge in [-0.1, -0.05) is 6.07 Å². The number of nitrogens with zero attached hydrogens (tertiary/aromatic N) is 4. The molecule has 0 saturated heterocycles. The van der Waals surface area contributed by atoms with Crippen LogP contribution in [0, 0.1) is 13.8 Å². The largest absolute Gasteiger partial charge is 0.493 e. The van der Waals surface area contributed by atoms with Gasteiger partial charge in [0.2, 0.25) is 5.95 Å². The first-order valence-electron chi connectivity index (χ1n) is 7.71. The van der Waals surface area contributed by atoms with Crippen LogP contribution in [0.5, 0.6) is 11.5 Å². The van der Waals surface area contributed by atoms with Gasteiger partial charge in [0.15, 0.2) is 23.4 Å². The number of aromatic nitrogens is 4. The number of anilines is 1. The van der Waals surface area contributed by atoms with Crippen LogP contribution in [0.1, 0.15) is 27.4 Å². The van der Waals surface area contributed by atoms with E-state index in [0.717, 1.165) is 11.8 Å². The minimum atomic E-state index is 0.442. The summed E-state index contributed by atoms with van der Waals surface area (Å²) >= 11 is 0. The highest BCUT2D eigenvalue weighted by atomic mass is 16.5. The molecule has 1 aromatic carbocycles. The molecule has 0 aliphatic heterocycles. The molecule has 2 aromatic heterocycles. The fraction of sp³-hybridized carbons (Fsp3) is 0.294. The van der Waals surface area contributed by atoms with Crippen molar-refractivity contribution in [3.05, 3.63) is 40.8 Å². The third-order valence-corrected chi connectivity index (χ3v) is 3.83. The summed E-state index contributed by atoms with van der Waals surface area (Å²) in [6.45, 7) is 4.05. The highest BCUT2D eigenvalue weighted by Gasteiger charge is 2.14. The minimum Gasteiger partial charge on any atom is -0.493 e. The Kier molecular flexibility index (Phi) is 4.51. The molecule has 0 radical (unpaired) electrons. The number of benzene rings is 1. The van der Waals surface area contributed by atoms with Gasteiger partial charge in [-0.25, -0.2) is 9.97 Å². The second-order valence-corrected chi connectivity index (χ2v) is 5.49. The molecule has 0 saturated carbocycles. The van der Waals surface area contributed by atoms with Gasteiger partial charge in [-0.3, -0.25) is 4.79 Å². The average Bonchev–Trinajstić information content (AvgIpc) is 3.00. The molecule has 1 N–H and O–H groups in total. The summed E-state index contributed by atoms with van der Waals surface area (Å²) in [6, 6.07) is 5.67. The lowest BCUT2D eigenvalue weighted by Crippen LogP contribution is -2.11. The first-order valence-corrected chi connectivity index (χ1v) is 7.71. The maximum Gasteiger partial charge on any atom is 0.226 e. The number of carbonyl (C=O) groups is 1.